The summed E-state index contributed by atoms with van der Waals surface area (Å²) in [4.78, 5) is 1.40. The molecule has 3 unspecified atom stereocenters. The van der Waals surface area contributed by atoms with Crippen LogP contribution in [0.15, 0.2) is 0 Å². The molecule has 4 heteroatoms. The van der Waals surface area contributed by atoms with Crippen molar-refractivity contribution in [2.24, 2.45) is 11.8 Å². The summed E-state index contributed by atoms with van der Waals surface area (Å²) in [6.45, 7) is 7.91. The Morgan fingerprint density at radius 2 is 2.21 bits per heavy atom. The fourth-order valence-electron chi connectivity index (χ4n) is 3.25. The second kappa shape index (κ2) is 7.34. The van der Waals surface area contributed by atoms with Gasteiger partial charge in [-0.25, -0.2) is 0 Å². The molecular formula is C15H27N3S. The standard InChI is InChI=1S/C15H27N3S/c1-4-9-16-14(12-8-6-7-11(3)10-12)15-13(5-2)17-18-19-15/h11-12,14,16H,4-10H2,1-3H3. The normalized spacial score (nSPS) is 25.4. The van der Waals surface area contributed by atoms with Gasteiger partial charge in [-0.05, 0) is 55.6 Å². The molecule has 19 heavy (non-hydrogen) atoms. The Morgan fingerprint density at radius 1 is 1.37 bits per heavy atom. The van der Waals surface area contributed by atoms with Gasteiger partial charge in [-0.15, -0.1) is 5.10 Å². The lowest BCUT2D eigenvalue weighted by molar-refractivity contribution is 0.225. The van der Waals surface area contributed by atoms with Crippen LogP contribution in [-0.2, 0) is 6.42 Å². The van der Waals surface area contributed by atoms with Gasteiger partial charge in [-0.3, -0.25) is 0 Å². The van der Waals surface area contributed by atoms with Crippen molar-refractivity contribution in [3.63, 3.8) is 0 Å². The summed E-state index contributed by atoms with van der Waals surface area (Å²) >= 11 is 1.60. The Labute approximate surface area is 121 Å². The third kappa shape index (κ3) is 3.76. The minimum Gasteiger partial charge on any atom is -0.309 e. The predicted molar refractivity (Wildman–Crippen MR) is 81.4 cm³/mol. The third-order valence-electron chi connectivity index (χ3n) is 4.27. The minimum absolute atomic E-state index is 0.484. The molecule has 2 rings (SSSR count). The molecule has 0 amide bonds. The highest BCUT2D eigenvalue weighted by Crippen LogP contribution is 2.39. The van der Waals surface area contributed by atoms with E-state index in [0.29, 0.717) is 6.04 Å². The first-order valence-corrected chi connectivity index (χ1v) is 8.58. The van der Waals surface area contributed by atoms with Crippen LogP contribution in [0.1, 0.15) is 69.5 Å². The Bertz CT molecular complexity index is 377. The summed E-state index contributed by atoms with van der Waals surface area (Å²) < 4.78 is 4.19. The number of hydrogen-bond donors (Lipinski definition) is 1. The van der Waals surface area contributed by atoms with E-state index in [-0.39, 0.29) is 0 Å². The lowest BCUT2D eigenvalue weighted by Crippen LogP contribution is -2.32. The zero-order chi connectivity index (χ0) is 13.7. The number of hydrogen-bond acceptors (Lipinski definition) is 4. The van der Waals surface area contributed by atoms with Crippen LogP contribution < -0.4 is 5.32 Å². The molecule has 1 aromatic rings. The first-order chi connectivity index (χ1) is 9.26. The topological polar surface area (TPSA) is 37.8 Å². The van der Waals surface area contributed by atoms with Crippen molar-refractivity contribution in [3.8, 4) is 0 Å². The molecule has 1 aromatic heterocycles. The van der Waals surface area contributed by atoms with Crippen molar-refractivity contribution >= 4 is 11.5 Å². The Morgan fingerprint density at radius 3 is 2.89 bits per heavy atom. The van der Waals surface area contributed by atoms with Gasteiger partial charge in [0.1, 0.15) is 0 Å². The third-order valence-corrected chi connectivity index (χ3v) is 5.11. The van der Waals surface area contributed by atoms with Gasteiger partial charge in [0.2, 0.25) is 0 Å². The average molecular weight is 281 g/mol. The van der Waals surface area contributed by atoms with E-state index in [9.17, 15) is 0 Å². The van der Waals surface area contributed by atoms with E-state index in [1.165, 1.54) is 42.7 Å². The molecule has 3 nitrogen and oxygen atoms in total. The highest BCUT2D eigenvalue weighted by molar-refractivity contribution is 7.05. The largest absolute Gasteiger partial charge is 0.309 e. The molecule has 1 fully saturated rings. The van der Waals surface area contributed by atoms with E-state index in [0.717, 1.165) is 24.8 Å². The predicted octanol–water partition coefficient (Wildman–Crippen LogP) is 3.97. The average Bonchev–Trinajstić information content (AvgIpc) is 2.88. The van der Waals surface area contributed by atoms with Crippen LogP contribution in [0.2, 0.25) is 0 Å². The van der Waals surface area contributed by atoms with Crippen molar-refractivity contribution in [3.05, 3.63) is 10.6 Å². The molecule has 0 aromatic carbocycles. The fraction of sp³-hybridized carbons (Fsp3) is 0.867. The molecule has 0 radical (unpaired) electrons. The fourth-order valence-corrected chi connectivity index (χ4v) is 4.16. The van der Waals surface area contributed by atoms with Crippen LogP contribution in [0.25, 0.3) is 0 Å². The highest BCUT2D eigenvalue weighted by Gasteiger charge is 2.30. The van der Waals surface area contributed by atoms with E-state index in [1.807, 2.05) is 0 Å². The maximum Gasteiger partial charge on any atom is 0.0801 e. The maximum atomic E-state index is 4.31. The molecule has 1 aliphatic carbocycles. The van der Waals surface area contributed by atoms with Crippen LogP contribution in [0.5, 0.6) is 0 Å². The Kier molecular flexibility index (Phi) is 5.76. The van der Waals surface area contributed by atoms with E-state index < -0.39 is 0 Å². The van der Waals surface area contributed by atoms with Gasteiger partial charge in [0, 0.05) is 6.04 Å². The van der Waals surface area contributed by atoms with Crippen molar-refractivity contribution in [1.29, 1.82) is 0 Å². The van der Waals surface area contributed by atoms with Crippen LogP contribution in [0.3, 0.4) is 0 Å². The zero-order valence-corrected chi connectivity index (χ0v) is 13.3. The zero-order valence-electron chi connectivity index (χ0n) is 12.5. The van der Waals surface area contributed by atoms with Gasteiger partial charge < -0.3 is 5.32 Å². The molecule has 0 spiro atoms. The number of nitrogens with zero attached hydrogens (tertiary/aromatic N) is 2. The SMILES string of the molecule is CCCNC(c1snnc1CC)C1CCCC(C)C1. The van der Waals surface area contributed by atoms with Crippen molar-refractivity contribution in [2.75, 3.05) is 6.54 Å². The first kappa shape index (κ1) is 14.9. The number of aromatic nitrogens is 2. The van der Waals surface area contributed by atoms with Gasteiger partial charge in [0.15, 0.2) is 0 Å². The van der Waals surface area contributed by atoms with Crippen molar-refractivity contribution in [2.45, 2.75) is 65.3 Å². The quantitative estimate of drug-likeness (QED) is 0.857. The minimum atomic E-state index is 0.484. The monoisotopic (exact) mass is 281 g/mol. The van der Waals surface area contributed by atoms with Gasteiger partial charge in [0.25, 0.3) is 0 Å². The molecule has 108 valence electrons. The van der Waals surface area contributed by atoms with Crippen LogP contribution >= 0.6 is 11.5 Å². The molecule has 1 saturated carbocycles. The summed E-state index contributed by atoms with van der Waals surface area (Å²) in [7, 11) is 0. The van der Waals surface area contributed by atoms with E-state index in [2.05, 4.69) is 35.7 Å². The lowest BCUT2D eigenvalue weighted by Gasteiger charge is -2.33. The smallest absolute Gasteiger partial charge is 0.0801 e. The Balaban J connectivity index is 2.15. The molecule has 0 bridgehead atoms. The van der Waals surface area contributed by atoms with Gasteiger partial charge >= 0.3 is 0 Å². The van der Waals surface area contributed by atoms with Crippen molar-refractivity contribution in [1.82, 2.24) is 14.9 Å². The van der Waals surface area contributed by atoms with E-state index in [1.54, 1.807) is 11.5 Å². The summed E-state index contributed by atoms with van der Waals surface area (Å²) in [5, 5.41) is 8.07. The molecule has 0 aliphatic heterocycles. The highest BCUT2D eigenvalue weighted by atomic mass is 32.1. The van der Waals surface area contributed by atoms with Crippen LogP contribution in [0.4, 0.5) is 0 Å². The number of nitrogens with one attached hydrogen (secondary N) is 1. The van der Waals surface area contributed by atoms with Gasteiger partial charge in [-0.1, -0.05) is 38.1 Å². The van der Waals surface area contributed by atoms with Gasteiger partial charge in [0.05, 0.1) is 10.6 Å². The second-order valence-electron chi connectivity index (χ2n) is 5.90. The van der Waals surface area contributed by atoms with Crippen LogP contribution in [-0.4, -0.2) is 16.1 Å². The maximum absolute atomic E-state index is 4.31. The number of rotatable bonds is 6. The molecule has 1 N–H and O–H groups in total. The summed E-state index contributed by atoms with van der Waals surface area (Å²) in [5.41, 5.74) is 1.21. The molecule has 0 saturated heterocycles. The molecule has 1 heterocycles. The summed E-state index contributed by atoms with van der Waals surface area (Å²) in [5.74, 6) is 1.64. The van der Waals surface area contributed by atoms with Crippen molar-refractivity contribution < 1.29 is 0 Å². The molecule has 3 atom stereocenters. The molecule has 1 aliphatic rings. The summed E-state index contributed by atoms with van der Waals surface area (Å²) in [6.07, 6.45) is 7.67. The first-order valence-electron chi connectivity index (χ1n) is 7.80. The molecular weight excluding hydrogens is 254 g/mol. The second-order valence-corrected chi connectivity index (χ2v) is 6.69. The summed E-state index contributed by atoms with van der Waals surface area (Å²) in [6, 6.07) is 0.484. The van der Waals surface area contributed by atoms with Gasteiger partial charge in [-0.2, -0.15) is 0 Å². The van der Waals surface area contributed by atoms with Crippen LogP contribution in [0, 0.1) is 11.8 Å². The lowest BCUT2D eigenvalue weighted by atomic mass is 9.78. The van der Waals surface area contributed by atoms with E-state index in [4.69, 9.17) is 0 Å². The number of aryl methyl sites for hydroxylation is 1. The Hall–Kier alpha value is -0.480. The van der Waals surface area contributed by atoms with E-state index >= 15 is 0 Å².